The number of piperidine rings is 1. The molecule has 1 saturated heterocycles. The van der Waals surface area contributed by atoms with E-state index in [2.05, 4.69) is 6.92 Å². The zero-order valence-corrected chi connectivity index (χ0v) is 12.4. The summed E-state index contributed by atoms with van der Waals surface area (Å²) < 4.78 is 26.6. The average Bonchev–Trinajstić information content (AvgIpc) is 2.35. The Morgan fingerprint density at radius 1 is 1.21 bits per heavy atom. The Bertz CT molecular complexity index is 525. The fourth-order valence-corrected chi connectivity index (χ4v) is 4.46. The molecule has 2 unspecified atom stereocenters. The number of nitrogen functional groups attached to an aromatic ring is 1. The molecule has 1 aromatic rings. The molecule has 0 bridgehead atoms. The Hall–Kier alpha value is -1.07. The van der Waals surface area contributed by atoms with Gasteiger partial charge < -0.3 is 5.73 Å². The minimum atomic E-state index is -3.24. The number of nitrogens with zero attached hydrogens (tertiary/aromatic N) is 1. The predicted molar refractivity (Wildman–Crippen MR) is 78.0 cm³/mol. The third kappa shape index (κ3) is 3.48. The van der Waals surface area contributed by atoms with Crippen molar-refractivity contribution >= 4 is 15.7 Å². The van der Waals surface area contributed by atoms with Gasteiger partial charge in [0.2, 0.25) is 10.0 Å². The summed E-state index contributed by atoms with van der Waals surface area (Å²) in [4.78, 5) is 0. The summed E-state index contributed by atoms with van der Waals surface area (Å²) in [5.41, 5.74) is 7.06. The molecule has 19 heavy (non-hydrogen) atoms. The van der Waals surface area contributed by atoms with Gasteiger partial charge in [-0.05, 0) is 43.4 Å². The summed E-state index contributed by atoms with van der Waals surface area (Å²) in [5.74, 6) is 0.502. The van der Waals surface area contributed by atoms with E-state index in [-0.39, 0.29) is 11.8 Å². The van der Waals surface area contributed by atoms with Crippen molar-refractivity contribution in [2.75, 3.05) is 12.3 Å². The first-order valence-electron chi connectivity index (χ1n) is 6.72. The highest BCUT2D eigenvalue weighted by Crippen LogP contribution is 2.25. The lowest BCUT2D eigenvalue weighted by Crippen LogP contribution is -2.45. The van der Waals surface area contributed by atoms with Crippen LogP contribution in [0.1, 0.15) is 32.3 Å². The fraction of sp³-hybridized carbons (Fsp3) is 0.571. The van der Waals surface area contributed by atoms with Gasteiger partial charge in [-0.15, -0.1) is 0 Å². The first-order valence-corrected chi connectivity index (χ1v) is 8.33. The summed E-state index contributed by atoms with van der Waals surface area (Å²) in [6, 6.07) is 7.16. The number of anilines is 1. The molecular formula is C14H22N2O2S. The second-order valence-corrected chi connectivity index (χ2v) is 7.52. The van der Waals surface area contributed by atoms with Gasteiger partial charge in [0.1, 0.15) is 0 Å². The molecule has 0 amide bonds. The van der Waals surface area contributed by atoms with Crippen LogP contribution in [0.25, 0.3) is 0 Å². The molecule has 106 valence electrons. The third-order valence-corrected chi connectivity index (χ3v) is 5.67. The summed E-state index contributed by atoms with van der Waals surface area (Å²) >= 11 is 0. The smallest absolute Gasteiger partial charge is 0.218 e. The van der Waals surface area contributed by atoms with Crippen LogP contribution in [0.5, 0.6) is 0 Å². The molecule has 2 N–H and O–H groups in total. The molecule has 2 rings (SSSR count). The lowest BCUT2D eigenvalue weighted by molar-refractivity contribution is 0.217. The van der Waals surface area contributed by atoms with Gasteiger partial charge in [0.15, 0.2) is 0 Å². The minimum absolute atomic E-state index is 0.0599. The number of hydrogen-bond acceptors (Lipinski definition) is 3. The van der Waals surface area contributed by atoms with Crippen LogP contribution in [-0.4, -0.2) is 25.3 Å². The normalized spacial score (nSPS) is 25.4. The molecule has 1 fully saturated rings. The average molecular weight is 282 g/mol. The molecule has 0 aliphatic carbocycles. The monoisotopic (exact) mass is 282 g/mol. The maximum Gasteiger partial charge on any atom is 0.218 e. The van der Waals surface area contributed by atoms with E-state index in [4.69, 9.17) is 5.73 Å². The molecule has 0 aromatic heterocycles. The maximum atomic E-state index is 12.5. The van der Waals surface area contributed by atoms with Crippen LogP contribution in [0, 0.1) is 5.92 Å². The van der Waals surface area contributed by atoms with Crippen LogP contribution >= 0.6 is 0 Å². The number of hydrogen-bond donors (Lipinski definition) is 1. The number of nitrogens with two attached hydrogens (primary N) is 1. The summed E-state index contributed by atoms with van der Waals surface area (Å²) in [5, 5.41) is 0. The van der Waals surface area contributed by atoms with Crippen LogP contribution in [-0.2, 0) is 15.8 Å². The third-order valence-electron chi connectivity index (χ3n) is 3.75. The molecule has 0 radical (unpaired) electrons. The van der Waals surface area contributed by atoms with Crippen molar-refractivity contribution in [2.24, 2.45) is 5.92 Å². The first kappa shape index (κ1) is 14.3. The van der Waals surface area contributed by atoms with E-state index in [0.29, 0.717) is 18.2 Å². The lowest BCUT2D eigenvalue weighted by Gasteiger charge is -2.35. The SMILES string of the molecule is CC1CCC(C)N(S(=O)(=O)Cc2ccc(N)cc2)C1. The van der Waals surface area contributed by atoms with E-state index < -0.39 is 10.0 Å². The maximum absolute atomic E-state index is 12.5. The van der Waals surface area contributed by atoms with Gasteiger partial charge in [-0.2, -0.15) is 4.31 Å². The van der Waals surface area contributed by atoms with Crippen molar-refractivity contribution in [3.63, 3.8) is 0 Å². The van der Waals surface area contributed by atoms with E-state index >= 15 is 0 Å². The second kappa shape index (κ2) is 5.51. The summed E-state index contributed by atoms with van der Waals surface area (Å²) in [6.07, 6.45) is 2.05. The standard InChI is InChI=1S/C14H22N2O2S/c1-11-3-4-12(2)16(9-11)19(17,18)10-13-5-7-14(15)8-6-13/h5-8,11-12H,3-4,9-10,15H2,1-2H3. The fourth-order valence-electron chi connectivity index (χ4n) is 2.54. The van der Waals surface area contributed by atoms with Gasteiger partial charge in [0.25, 0.3) is 0 Å². The highest BCUT2D eigenvalue weighted by atomic mass is 32.2. The van der Waals surface area contributed by atoms with E-state index in [1.54, 1.807) is 28.6 Å². The zero-order chi connectivity index (χ0) is 14.0. The molecule has 1 aliphatic rings. The number of rotatable bonds is 3. The number of benzene rings is 1. The Morgan fingerprint density at radius 3 is 2.47 bits per heavy atom. The number of sulfonamides is 1. The van der Waals surface area contributed by atoms with Crippen LogP contribution in [0.15, 0.2) is 24.3 Å². The van der Waals surface area contributed by atoms with E-state index in [1.807, 2.05) is 6.92 Å². The highest BCUT2D eigenvalue weighted by Gasteiger charge is 2.32. The van der Waals surface area contributed by atoms with Crippen LogP contribution in [0.4, 0.5) is 5.69 Å². The van der Waals surface area contributed by atoms with Crippen LogP contribution in [0.2, 0.25) is 0 Å². The summed E-state index contributed by atoms with van der Waals surface area (Å²) in [7, 11) is -3.24. The molecule has 2 atom stereocenters. The van der Waals surface area contributed by atoms with E-state index in [9.17, 15) is 8.42 Å². The Kier molecular flexibility index (Phi) is 4.16. The van der Waals surface area contributed by atoms with Crippen molar-refractivity contribution in [2.45, 2.75) is 38.5 Å². The molecule has 4 nitrogen and oxygen atoms in total. The van der Waals surface area contributed by atoms with Gasteiger partial charge in [-0.3, -0.25) is 0 Å². The van der Waals surface area contributed by atoms with Crippen molar-refractivity contribution in [1.82, 2.24) is 4.31 Å². The molecule has 5 heteroatoms. The predicted octanol–water partition coefficient (Wildman–Crippen LogP) is 2.22. The molecule has 0 spiro atoms. The Balaban J connectivity index is 2.15. The van der Waals surface area contributed by atoms with Gasteiger partial charge in [0, 0.05) is 18.3 Å². The molecular weight excluding hydrogens is 260 g/mol. The molecule has 1 aliphatic heterocycles. The Morgan fingerprint density at radius 2 is 1.84 bits per heavy atom. The van der Waals surface area contributed by atoms with Gasteiger partial charge in [-0.25, -0.2) is 8.42 Å². The highest BCUT2D eigenvalue weighted by molar-refractivity contribution is 7.88. The topological polar surface area (TPSA) is 63.4 Å². The van der Waals surface area contributed by atoms with Crippen LogP contribution in [0.3, 0.4) is 0 Å². The minimum Gasteiger partial charge on any atom is -0.399 e. The molecule has 1 heterocycles. The lowest BCUT2D eigenvalue weighted by atomic mass is 9.97. The largest absolute Gasteiger partial charge is 0.399 e. The van der Waals surface area contributed by atoms with Gasteiger partial charge in [-0.1, -0.05) is 19.1 Å². The second-order valence-electron chi connectivity index (χ2n) is 5.60. The van der Waals surface area contributed by atoms with Crippen molar-refractivity contribution in [3.8, 4) is 0 Å². The zero-order valence-electron chi connectivity index (χ0n) is 11.5. The van der Waals surface area contributed by atoms with Crippen molar-refractivity contribution < 1.29 is 8.42 Å². The first-order chi connectivity index (χ1) is 8.88. The van der Waals surface area contributed by atoms with E-state index in [1.165, 1.54) is 0 Å². The van der Waals surface area contributed by atoms with Gasteiger partial charge >= 0.3 is 0 Å². The molecule has 1 aromatic carbocycles. The van der Waals surface area contributed by atoms with Crippen molar-refractivity contribution in [3.05, 3.63) is 29.8 Å². The van der Waals surface area contributed by atoms with E-state index in [0.717, 1.165) is 18.4 Å². The van der Waals surface area contributed by atoms with Crippen LogP contribution < -0.4 is 5.73 Å². The molecule has 0 saturated carbocycles. The van der Waals surface area contributed by atoms with Crippen molar-refractivity contribution in [1.29, 1.82) is 0 Å². The quantitative estimate of drug-likeness (QED) is 0.865. The summed E-state index contributed by atoms with van der Waals surface area (Å²) in [6.45, 7) is 4.74. The Labute approximate surface area is 115 Å². The van der Waals surface area contributed by atoms with Gasteiger partial charge in [0.05, 0.1) is 5.75 Å².